The van der Waals surface area contributed by atoms with Crippen molar-refractivity contribution in [2.45, 2.75) is 0 Å². The van der Waals surface area contributed by atoms with E-state index in [1.807, 2.05) is 6.07 Å². The zero-order valence-corrected chi connectivity index (χ0v) is 12.3. The summed E-state index contributed by atoms with van der Waals surface area (Å²) in [5, 5.41) is 2.75. The molecule has 0 spiro atoms. The number of hydrogen-bond acceptors (Lipinski definition) is 2. The number of aryl methyl sites for hydroxylation is 1. The molecule has 0 aliphatic carbocycles. The van der Waals surface area contributed by atoms with Gasteiger partial charge >= 0.3 is 0 Å². The largest absolute Gasteiger partial charge is 0.321 e. The van der Waals surface area contributed by atoms with E-state index < -0.39 is 0 Å². The maximum Gasteiger partial charge on any atom is 0.269 e. The van der Waals surface area contributed by atoms with Gasteiger partial charge in [-0.25, -0.2) is 0 Å². The van der Waals surface area contributed by atoms with Gasteiger partial charge in [-0.15, -0.1) is 0 Å². The van der Waals surface area contributed by atoms with Crippen molar-refractivity contribution in [2.24, 2.45) is 7.05 Å². The molecule has 6 heteroatoms. The van der Waals surface area contributed by atoms with Gasteiger partial charge in [0, 0.05) is 23.3 Å². The van der Waals surface area contributed by atoms with Crippen LogP contribution in [0.3, 0.4) is 0 Å². The van der Waals surface area contributed by atoms with Gasteiger partial charge in [-0.05, 0) is 24.3 Å². The predicted octanol–water partition coefficient (Wildman–Crippen LogP) is 3.05. The first-order valence-corrected chi connectivity index (χ1v) is 6.57. The van der Waals surface area contributed by atoms with Gasteiger partial charge in [0.15, 0.2) is 0 Å². The lowest BCUT2D eigenvalue weighted by Crippen LogP contribution is -2.19. The zero-order chi connectivity index (χ0) is 14.0. The fourth-order valence-electron chi connectivity index (χ4n) is 1.57. The minimum Gasteiger partial charge on any atom is -0.321 e. The quantitative estimate of drug-likeness (QED) is 0.913. The summed E-state index contributed by atoms with van der Waals surface area (Å²) >= 11 is 9.08. The Morgan fingerprint density at radius 2 is 2.11 bits per heavy atom. The number of aromatic nitrogens is 1. The first-order chi connectivity index (χ1) is 8.97. The summed E-state index contributed by atoms with van der Waals surface area (Å²) in [5.74, 6) is -0.268. The van der Waals surface area contributed by atoms with Crippen molar-refractivity contribution in [2.75, 3.05) is 5.32 Å². The van der Waals surface area contributed by atoms with E-state index in [9.17, 15) is 9.59 Å². The lowest BCUT2D eigenvalue weighted by Gasteiger charge is -2.07. The Bertz CT molecular complexity index is 671. The molecule has 1 N–H and O–H groups in total. The molecule has 98 valence electrons. The molecule has 4 nitrogen and oxygen atoms in total. The fraction of sp³-hybridized carbons (Fsp3) is 0.0769. The number of rotatable bonds is 2. The number of hydrogen-bond donors (Lipinski definition) is 1. The molecule has 1 aromatic heterocycles. The van der Waals surface area contributed by atoms with Crippen molar-refractivity contribution in [3.8, 4) is 0 Å². The maximum atomic E-state index is 12.0. The number of carbonyl (C=O) groups excluding carboxylic acids is 1. The standard InChI is InChI=1S/C13H10BrClN2O2/c1-17-7-10(6-11(15)13(17)19)16-12(18)8-3-2-4-9(14)5-8/h2-7H,1H3,(H,16,18). The van der Waals surface area contributed by atoms with E-state index in [4.69, 9.17) is 11.6 Å². The Kier molecular flexibility index (Phi) is 4.07. The molecule has 0 fully saturated rings. The summed E-state index contributed by atoms with van der Waals surface area (Å²) in [6.45, 7) is 0. The highest BCUT2D eigenvalue weighted by Gasteiger charge is 2.08. The van der Waals surface area contributed by atoms with E-state index in [0.717, 1.165) is 4.47 Å². The SMILES string of the molecule is Cn1cc(NC(=O)c2cccc(Br)c2)cc(Cl)c1=O. The van der Waals surface area contributed by atoms with Crippen LogP contribution in [0.15, 0.2) is 45.8 Å². The minimum atomic E-state index is -0.304. The van der Waals surface area contributed by atoms with Gasteiger partial charge < -0.3 is 9.88 Å². The number of nitrogens with one attached hydrogen (secondary N) is 1. The Morgan fingerprint density at radius 3 is 2.74 bits per heavy atom. The van der Waals surface area contributed by atoms with Gasteiger partial charge in [-0.1, -0.05) is 33.6 Å². The normalized spacial score (nSPS) is 10.3. The lowest BCUT2D eigenvalue weighted by molar-refractivity contribution is 0.102. The van der Waals surface area contributed by atoms with Gasteiger partial charge in [0.25, 0.3) is 11.5 Å². The molecule has 1 amide bonds. The third kappa shape index (κ3) is 3.24. The van der Waals surface area contributed by atoms with Gasteiger partial charge in [0.1, 0.15) is 5.02 Å². The summed E-state index contributed by atoms with van der Waals surface area (Å²) in [6.07, 6.45) is 1.52. The number of carbonyl (C=O) groups is 1. The Morgan fingerprint density at radius 1 is 1.37 bits per heavy atom. The molecule has 0 aliphatic heterocycles. The maximum absolute atomic E-state index is 12.0. The predicted molar refractivity (Wildman–Crippen MR) is 78.8 cm³/mol. The molecule has 2 aromatic rings. The zero-order valence-electron chi connectivity index (χ0n) is 9.98. The molecular weight excluding hydrogens is 332 g/mol. The topological polar surface area (TPSA) is 51.1 Å². The number of halogens is 2. The Labute approximate surface area is 123 Å². The monoisotopic (exact) mass is 340 g/mol. The molecule has 0 saturated heterocycles. The van der Waals surface area contributed by atoms with Crippen LogP contribution in [-0.2, 0) is 7.05 Å². The van der Waals surface area contributed by atoms with Crippen molar-refractivity contribution in [3.63, 3.8) is 0 Å². The summed E-state index contributed by atoms with van der Waals surface area (Å²) in [5.41, 5.74) is 0.679. The number of anilines is 1. The van der Waals surface area contributed by atoms with Gasteiger partial charge in [-0.3, -0.25) is 9.59 Å². The van der Waals surface area contributed by atoms with E-state index in [2.05, 4.69) is 21.2 Å². The molecular formula is C13H10BrClN2O2. The molecule has 2 rings (SSSR count). The Balaban J connectivity index is 2.27. The number of nitrogens with zero attached hydrogens (tertiary/aromatic N) is 1. The van der Waals surface area contributed by atoms with Gasteiger partial charge in [0.05, 0.1) is 5.69 Å². The molecule has 1 aromatic carbocycles. The van der Waals surface area contributed by atoms with E-state index >= 15 is 0 Å². The van der Waals surface area contributed by atoms with Crippen molar-refractivity contribution in [1.29, 1.82) is 0 Å². The highest BCUT2D eigenvalue weighted by atomic mass is 79.9. The van der Waals surface area contributed by atoms with E-state index in [-0.39, 0.29) is 16.5 Å². The van der Waals surface area contributed by atoms with Crippen molar-refractivity contribution >= 4 is 39.1 Å². The highest BCUT2D eigenvalue weighted by Crippen LogP contribution is 2.15. The molecule has 19 heavy (non-hydrogen) atoms. The lowest BCUT2D eigenvalue weighted by atomic mass is 10.2. The van der Waals surface area contributed by atoms with Crippen LogP contribution in [0.5, 0.6) is 0 Å². The molecule has 0 aliphatic rings. The first-order valence-electron chi connectivity index (χ1n) is 5.40. The number of amides is 1. The van der Waals surface area contributed by atoms with E-state index in [1.165, 1.54) is 16.8 Å². The molecule has 0 saturated carbocycles. The van der Waals surface area contributed by atoms with Crippen LogP contribution in [0.2, 0.25) is 5.02 Å². The van der Waals surface area contributed by atoms with Crippen LogP contribution in [0.25, 0.3) is 0 Å². The molecule has 0 bridgehead atoms. The molecule has 0 radical (unpaired) electrons. The second-order valence-electron chi connectivity index (χ2n) is 3.96. The third-order valence-corrected chi connectivity index (χ3v) is 3.25. The van der Waals surface area contributed by atoms with Crippen LogP contribution in [0, 0.1) is 0 Å². The summed E-state index contributed by atoms with van der Waals surface area (Å²) in [4.78, 5) is 23.4. The summed E-state index contributed by atoms with van der Waals surface area (Å²) < 4.78 is 2.14. The molecule has 1 heterocycles. The van der Waals surface area contributed by atoms with Crippen LogP contribution in [0.4, 0.5) is 5.69 Å². The fourth-order valence-corrected chi connectivity index (χ4v) is 2.22. The average Bonchev–Trinajstić information content (AvgIpc) is 2.36. The van der Waals surface area contributed by atoms with Crippen LogP contribution in [0.1, 0.15) is 10.4 Å². The number of benzene rings is 1. The van der Waals surface area contributed by atoms with Gasteiger partial charge in [0.2, 0.25) is 0 Å². The number of pyridine rings is 1. The second-order valence-corrected chi connectivity index (χ2v) is 5.28. The summed E-state index contributed by atoms with van der Waals surface area (Å²) in [6, 6.07) is 8.44. The van der Waals surface area contributed by atoms with Crippen molar-refractivity contribution < 1.29 is 4.79 Å². The second kappa shape index (κ2) is 5.59. The summed E-state index contributed by atoms with van der Waals surface area (Å²) in [7, 11) is 1.57. The van der Waals surface area contributed by atoms with Crippen molar-refractivity contribution in [3.05, 3.63) is 61.9 Å². The highest BCUT2D eigenvalue weighted by molar-refractivity contribution is 9.10. The van der Waals surface area contributed by atoms with E-state index in [0.29, 0.717) is 11.3 Å². The van der Waals surface area contributed by atoms with Gasteiger partial charge in [-0.2, -0.15) is 0 Å². The van der Waals surface area contributed by atoms with Crippen molar-refractivity contribution in [1.82, 2.24) is 4.57 Å². The first kappa shape index (κ1) is 13.8. The average molecular weight is 342 g/mol. The third-order valence-electron chi connectivity index (χ3n) is 2.48. The van der Waals surface area contributed by atoms with Crippen LogP contribution < -0.4 is 10.9 Å². The molecule has 0 atom stereocenters. The Hall–Kier alpha value is -1.59. The van der Waals surface area contributed by atoms with Crippen LogP contribution >= 0.6 is 27.5 Å². The minimum absolute atomic E-state index is 0.0644. The van der Waals surface area contributed by atoms with E-state index in [1.54, 1.807) is 25.2 Å². The smallest absolute Gasteiger partial charge is 0.269 e. The molecule has 0 unspecified atom stereocenters. The van der Waals surface area contributed by atoms with Crippen LogP contribution in [-0.4, -0.2) is 10.5 Å².